The number of hydrogen-bond acceptors (Lipinski definition) is 3. The molecule has 2 aliphatic rings. The van der Waals surface area contributed by atoms with Gasteiger partial charge < -0.3 is 4.74 Å². The zero-order chi connectivity index (χ0) is 11.2. The molecule has 1 saturated heterocycles. The van der Waals surface area contributed by atoms with Crippen LogP contribution >= 0.6 is 11.6 Å². The average molecular weight is 226 g/mol. The summed E-state index contributed by atoms with van der Waals surface area (Å²) in [6.07, 6.45) is 4.75. The van der Waals surface area contributed by atoms with Crippen LogP contribution in [0.1, 0.15) is 25.3 Å². The minimum atomic E-state index is -0.627. The summed E-state index contributed by atoms with van der Waals surface area (Å²) in [6.45, 7) is -0.0768. The minimum absolute atomic E-state index is 0.216. The standard InChI is InChI=1S/C11H13ClN2O/c12-10-8-2-1-4-11(6-15-7-14-11)9(8)3-5-13-10/h3,5,14H,1-2,4,6-7H2/i7D/t7-,11?/m0/s1. The van der Waals surface area contributed by atoms with E-state index in [2.05, 4.69) is 10.3 Å². The molecule has 3 rings (SSSR count). The van der Waals surface area contributed by atoms with Crippen LogP contribution in [0, 0.1) is 0 Å². The lowest BCUT2D eigenvalue weighted by molar-refractivity contribution is 0.171. The first-order valence-corrected chi connectivity index (χ1v) is 5.54. The van der Waals surface area contributed by atoms with E-state index in [1.54, 1.807) is 6.20 Å². The molecule has 2 heterocycles. The van der Waals surface area contributed by atoms with Crippen molar-refractivity contribution in [2.75, 3.05) is 13.3 Å². The van der Waals surface area contributed by atoms with Crippen LogP contribution in [0.15, 0.2) is 12.3 Å². The number of fused-ring (bicyclic) bond motifs is 2. The van der Waals surface area contributed by atoms with Crippen molar-refractivity contribution in [1.82, 2.24) is 10.3 Å². The van der Waals surface area contributed by atoms with E-state index in [9.17, 15) is 0 Å². The SMILES string of the molecule is [2H][C@H]1NC2(CCCc3c2ccnc3Cl)CO1. The molecule has 80 valence electrons. The normalized spacial score (nSPS) is 35.3. The molecule has 1 aliphatic carbocycles. The number of aromatic nitrogens is 1. The number of nitrogens with zero attached hydrogens (tertiary/aromatic N) is 1. The first-order chi connectivity index (χ1) is 7.71. The quantitative estimate of drug-likeness (QED) is 0.685. The van der Waals surface area contributed by atoms with Gasteiger partial charge in [-0.2, -0.15) is 0 Å². The van der Waals surface area contributed by atoms with Gasteiger partial charge in [0.25, 0.3) is 0 Å². The Morgan fingerprint density at radius 2 is 2.60 bits per heavy atom. The van der Waals surface area contributed by atoms with Gasteiger partial charge in [0.1, 0.15) is 5.15 Å². The lowest BCUT2D eigenvalue weighted by Crippen LogP contribution is -2.42. The van der Waals surface area contributed by atoms with Gasteiger partial charge >= 0.3 is 0 Å². The third-order valence-electron chi connectivity index (χ3n) is 3.30. The molecule has 0 aromatic carbocycles. The molecule has 0 bridgehead atoms. The van der Waals surface area contributed by atoms with Crippen LogP contribution in [-0.2, 0) is 16.7 Å². The Kier molecular flexibility index (Phi) is 1.95. The highest BCUT2D eigenvalue weighted by molar-refractivity contribution is 6.30. The second kappa shape index (κ2) is 3.44. The maximum Gasteiger partial charge on any atom is 0.132 e. The number of pyridine rings is 1. The molecule has 4 heteroatoms. The van der Waals surface area contributed by atoms with Crippen molar-refractivity contribution < 1.29 is 6.11 Å². The highest BCUT2D eigenvalue weighted by Gasteiger charge is 2.40. The van der Waals surface area contributed by atoms with E-state index < -0.39 is 6.71 Å². The van der Waals surface area contributed by atoms with E-state index in [1.165, 1.54) is 0 Å². The minimum Gasteiger partial charge on any atom is -0.364 e. The third-order valence-corrected chi connectivity index (χ3v) is 3.62. The first kappa shape index (κ1) is 8.50. The zero-order valence-corrected chi connectivity index (χ0v) is 9.05. The number of ether oxygens (including phenoxy) is 1. The van der Waals surface area contributed by atoms with Crippen LogP contribution in [0.2, 0.25) is 5.15 Å². The number of rotatable bonds is 0. The maximum atomic E-state index is 7.61. The molecule has 1 unspecified atom stereocenters. The van der Waals surface area contributed by atoms with E-state index in [4.69, 9.17) is 17.7 Å². The lowest BCUT2D eigenvalue weighted by atomic mass is 9.78. The summed E-state index contributed by atoms with van der Waals surface area (Å²) in [7, 11) is 0. The van der Waals surface area contributed by atoms with Crippen molar-refractivity contribution in [3.63, 3.8) is 0 Å². The van der Waals surface area contributed by atoms with Gasteiger partial charge in [-0.15, -0.1) is 0 Å². The number of hydrogen-bond donors (Lipinski definition) is 1. The van der Waals surface area contributed by atoms with Gasteiger partial charge in [-0.3, -0.25) is 5.32 Å². The van der Waals surface area contributed by atoms with Crippen LogP contribution in [0.3, 0.4) is 0 Å². The smallest absolute Gasteiger partial charge is 0.132 e. The Hall–Kier alpha value is -0.640. The van der Waals surface area contributed by atoms with Gasteiger partial charge in [0.2, 0.25) is 0 Å². The summed E-state index contributed by atoms with van der Waals surface area (Å²) in [5, 5.41) is 3.80. The van der Waals surface area contributed by atoms with Crippen molar-refractivity contribution in [1.29, 1.82) is 0 Å². The Morgan fingerprint density at radius 1 is 1.67 bits per heavy atom. The summed E-state index contributed by atoms with van der Waals surface area (Å²) in [4.78, 5) is 4.12. The Morgan fingerprint density at radius 3 is 3.40 bits per heavy atom. The fourth-order valence-electron chi connectivity index (χ4n) is 2.53. The van der Waals surface area contributed by atoms with E-state index in [0.717, 1.165) is 30.4 Å². The number of halogens is 1. The van der Waals surface area contributed by atoms with Crippen molar-refractivity contribution in [3.05, 3.63) is 28.5 Å². The first-order valence-electron chi connectivity index (χ1n) is 5.74. The predicted octanol–water partition coefficient (Wildman–Crippen LogP) is 1.84. The Labute approximate surface area is 95.2 Å². The van der Waals surface area contributed by atoms with Crippen LogP contribution in [0.5, 0.6) is 0 Å². The average Bonchev–Trinajstić information content (AvgIpc) is 2.63. The van der Waals surface area contributed by atoms with Crippen molar-refractivity contribution in [2.24, 2.45) is 0 Å². The van der Waals surface area contributed by atoms with Crippen molar-refractivity contribution >= 4 is 11.6 Å². The van der Waals surface area contributed by atoms with Gasteiger partial charge in [0.15, 0.2) is 0 Å². The summed E-state index contributed by atoms with van der Waals surface area (Å²) < 4.78 is 12.9. The predicted molar refractivity (Wildman–Crippen MR) is 57.8 cm³/mol. The fraction of sp³-hybridized carbons (Fsp3) is 0.545. The molecule has 0 amide bonds. The summed E-state index contributed by atoms with van der Waals surface area (Å²) in [5.41, 5.74) is 2.06. The topological polar surface area (TPSA) is 34.2 Å². The van der Waals surface area contributed by atoms with Crippen molar-refractivity contribution in [2.45, 2.75) is 24.8 Å². The van der Waals surface area contributed by atoms with Gasteiger partial charge in [-0.1, -0.05) is 11.6 Å². The summed E-state index contributed by atoms with van der Waals surface area (Å²) in [6, 6.07) is 1.99. The molecular formula is C11H13ClN2O. The molecule has 1 N–H and O–H groups in total. The van der Waals surface area contributed by atoms with Gasteiger partial charge in [-0.05, 0) is 36.5 Å². The lowest BCUT2D eigenvalue weighted by Gasteiger charge is -2.34. The molecule has 1 fully saturated rings. The molecule has 1 aromatic rings. The van der Waals surface area contributed by atoms with Crippen LogP contribution < -0.4 is 5.32 Å². The number of nitrogens with one attached hydrogen (secondary N) is 1. The fourth-order valence-corrected chi connectivity index (χ4v) is 2.79. The van der Waals surface area contributed by atoms with E-state index in [-0.39, 0.29) is 5.54 Å². The molecule has 1 spiro atoms. The van der Waals surface area contributed by atoms with E-state index in [0.29, 0.717) is 11.8 Å². The maximum absolute atomic E-state index is 7.61. The highest BCUT2D eigenvalue weighted by Crippen LogP contribution is 2.39. The molecule has 1 aromatic heterocycles. The molecule has 2 atom stereocenters. The Bertz CT molecular complexity index is 428. The van der Waals surface area contributed by atoms with Crippen LogP contribution in [0.4, 0.5) is 0 Å². The second-order valence-electron chi connectivity index (χ2n) is 4.14. The zero-order valence-electron chi connectivity index (χ0n) is 9.29. The summed E-state index contributed by atoms with van der Waals surface area (Å²) in [5.74, 6) is 0. The molecule has 15 heavy (non-hydrogen) atoms. The molecular weight excluding hydrogens is 212 g/mol. The van der Waals surface area contributed by atoms with E-state index >= 15 is 0 Å². The molecule has 1 aliphatic heterocycles. The molecule has 0 radical (unpaired) electrons. The van der Waals surface area contributed by atoms with E-state index in [1.807, 2.05) is 6.07 Å². The van der Waals surface area contributed by atoms with Gasteiger partial charge in [-0.25, -0.2) is 4.98 Å². The monoisotopic (exact) mass is 225 g/mol. The molecule has 3 nitrogen and oxygen atoms in total. The second-order valence-corrected chi connectivity index (χ2v) is 4.49. The van der Waals surface area contributed by atoms with Crippen molar-refractivity contribution in [3.8, 4) is 0 Å². The van der Waals surface area contributed by atoms with Crippen LogP contribution in [-0.4, -0.2) is 18.3 Å². The van der Waals surface area contributed by atoms with Gasteiger partial charge in [0.05, 0.1) is 20.2 Å². The van der Waals surface area contributed by atoms with Crippen LogP contribution in [0.25, 0.3) is 0 Å². The van der Waals surface area contributed by atoms with Gasteiger partial charge in [0, 0.05) is 6.20 Å². The Balaban J connectivity index is 2.10. The third kappa shape index (κ3) is 1.38. The molecule has 0 saturated carbocycles. The highest BCUT2D eigenvalue weighted by atomic mass is 35.5. The summed E-state index contributed by atoms with van der Waals surface area (Å²) >= 11 is 6.11. The largest absolute Gasteiger partial charge is 0.364 e.